The number of carboxylic acid groups (broad SMARTS) is 1. The van der Waals surface area contributed by atoms with E-state index in [-0.39, 0.29) is 22.3 Å². The summed E-state index contributed by atoms with van der Waals surface area (Å²) < 4.78 is 13.0. The lowest BCUT2D eigenvalue weighted by Crippen LogP contribution is -2.39. The zero-order valence-corrected chi connectivity index (χ0v) is 12.1. The summed E-state index contributed by atoms with van der Waals surface area (Å²) in [5, 5.41) is 11.0. The molecule has 2 N–H and O–H groups in total. The molecule has 0 heterocycles. The third-order valence-electron chi connectivity index (χ3n) is 2.35. The van der Waals surface area contributed by atoms with Crippen LogP contribution in [0.5, 0.6) is 0 Å². The van der Waals surface area contributed by atoms with Crippen LogP contribution in [0.1, 0.15) is 13.3 Å². The summed E-state index contributed by atoms with van der Waals surface area (Å²) >= 11 is 11.6. The first-order chi connectivity index (χ1) is 9.35. The first-order valence-electron chi connectivity index (χ1n) is 5.77. The van der Waals surface area contributed by atoms with Gasteiger partial charge in [0.25, 0.3) is 0 Å². The van der Waals surface area contributed by atoms with Gasteiger partial charge in [-0.05, 0) is 18.6 Å². The summed E-state index contributed by atoms with van der Waals surface area (Å²) in [4.78, 5) is 23.8. The highest BCUT2D eigenvalue weighted by Crippen LogP contribution is 2.31. The number of carbonyl (C=O) groups is 2. The highest BCUT2D eigenvalue weighted by Gasteiger charge is 2.18. The van der Waals surface area contributed by atoms with Crippen LogP contribution in [0.4, 0.5) is 14.9 Å². The van der Waals surface area contributed by atoms with Crippen LogP contribution in [0.3, 0.4) is 0 Å². The van der Waals surface area contributed by atoms with Gasteiger partial charge in [0.1, 0.15) is 12.4 Å². The number of rotatable bonds is 5. The number of benzene rings is 1. The Morgan fingerprint density at radius 3 is 2.35 bits per heavy atom. The Bertz CT molecular complexity index is 502. The molecule has 0 saturated carbocycles. The van der Waals surface area contributed by atoms with Gasteiger partial charge >= 0.3 is 12.0 Å². The quantitative estimate of drug-likeness (QED) is 0.872. The van der Waals surface area contributed by atoms with Crippen LogP contribution in [-0.4, -0.2) is 35.1 Å². The van der Waals surface area contributed by atoms with Gasteiger partial charge < -0.3 is 15.3 Å². The number of anilines is 1. The third-order valence-corrected chi connectivity index (χ3v) is 2.94. The Hall–Kier alpha value is -1.53. The second-order valence-corrected chi connectivity index (χ2v) is 4.80. The molecule has 0 unspecified atom stereocenters. The molecule has 0 aliphatic heterocycles. The topological polar surface area (TPSA) is 69.6 Å². The number of amides is 2. The Balaban J connectivity index is 2.90. The molecule has 8 heteroatoms. The Kier molecular flexibility index (Phi) is 6.04. The number of urea groups is 1. The minimum absolute atomic E-state index is 0.0474. The van der Waals surface area contributed by atoms with Gasteiger partial charge in [-0.1, -0.05) is 30.1 Å². The average molecular weight is 323 g/mol. The van der Waals surface area contributed by atoms with E-state index in [0.29, 0.717) is 6.42 Å². The van der Waals surface area contributed by atoms with Gasteiger partial charge in [-0.15, -0.1) is 0 Å². The lowest BCUT2D eigenvalue weighted by atomic mass is 10.3. The van der Waals surface area contributed by atoms with Crippen molar-refractivity contribution >= 4 is 40.9 Å². The van der Waals surface area contributed by atoms with Gasteiger partial charge in [-0.2, -0.15) is 0 Å². The lowest BCUT2D eigenvalue weighted by molar-refractivity contribution is -0.137. The molecule has 0 aliphatic carbocycles. The highest BCUT2D eigenvalue weighted by atomic mass is 35.5. The van der Waals surface area contributed by atoms with Gasteiger partial charge in [0.2, 0.25) is 0 Å². The molecular formula is C12H13Cl2FN2O3. The molecule has 5 nitrogen and oxygen atoms in total. The fourth-order valence-electron chi connectivity index (χ4n) is 1.53. The van der Waals surface area contributed by atoms with Crippen molar-refractivity contribution < 1.29 is 19.1 Å². The van der Waals surface area contributed by atoms with E-state index in [1.165, 1.54) is 0 Å². The summed E-state index contributed by atoms with van der Waals surface area (Å²) in [6.45, 7) is 1.62. The fraction of sp³-hybridized carbons (Fsp3) is 0.333. The summed E-state index contributed by atoms with van der Waals surface area (Å²) in [5.41, 5.74) is 0.0474. The van der Waals surface area contributed by atoms with Gasteiger partial charge in [-0.3, -0.25) is 4.79 Å². The molecule has 1 aromatic rings. The van der Waals surface area contributed by atoms with Crippen LogP contribution in [0.25, 0.3) is 0 Å². The normalized spacial score (nSPS) is 10.2. The van der Waals surface area contributed by atoms with Crippen molar-refractivity contribution in [1.29, 1.82) is 0 Å². The van der Waals surface area contributed by atoms with Crippen molar-refractivity contribution in [2.75, 3.05) is 18.4 Å². The van der Waals surface area contributed by atoms with E-state index in [2.05, 4.69) is 5.32 Å². The van der Waals surface area contributed by atoms with Crippen molar-refractivity contribution in [3.8, 4) is 0 Å². The molecule has 0 fully saturated rings. The second kappa shape index (κ2) is 7.31. The Labute approximate surface area is 125 Å². The monoisotopic (exact) mass is 322 g/mol. The molecule has 1 rings (SSSR count). The smallest absolute Gasteiger partial charge is 0.323 e. The van der Waals surface area contributed by atoms with E-state index in [4.69, 9.17) is 28.3 Å². The molecule has 0 saturated heterocycles. The highest BCUT2D eigenvalue weighted by molar-refractivity contribution is 6.39. The Morgan fingerprint density at radius 1 is 1.35 bits per heavy atom. The first-order valence-corrected chi connectivity index (χ1v) is 6.53. The molecular weight excluding hydrogens is 310 g/mol. The predicted molar refractivity (Wildman–Crippen MR) is 74.9 cm³/mol. The number of aliphatic carboxylic acids is 1. The molecule has 0 bridgehead atoms. The van der Waals surface area contributed by atoms with E-state index < -0.39 is 24.4 Å². The van der Waals surface area contributed by atoms with Gasteiger partial charge in [0.05, 0.1) is 15.7 Å². The molecule has 2 amide bonds. The molecule has 20 heavy (non-hydrogen) atoms. The van der Waals surface area contributed by atoms with Crippen LogP contribution in [0, 0.1) is 5.82 Å². The largest absolute Gasteiger partial charge is 0.480 e. The van der Waals surface area contributed by atoms with Crippen LogP contribution in [0.2, 0.25) is 10.0 Å². The summed E-state index contributed by atoms with van der Waals surface area (Å²) in [5.74, 6) is -1.76. The molecule has 0 aliphatic rings. The molecule has 0 atom stereocenters. The number of carbonyl (C=O) groups excluding carboxylic acids is 1. The van der Waals surface area contributed by atoms with E-state index in [1.54, 1.807) is 6.92 Å². The molecule has 1 aromatic carbocycles. The number of hydrogen-bond acceptors (Lipinski definition) is 2. The van der Waals surface area contributed by atoms with Crippen molar-refractivity contribution in [2.24, 2.45) is 0 Å². The van der Waals surface area contributed by atoms with Gasteiger partial charge in [-0.25, -0.2) is 9.18 Å². The third kappa shape index (κ3) is 4.54. The predicted octanol–water partition coefficient (Wildman–Crippen LogP) is 3.46. The summed E-state index contributed by atoms with van der Waals surface area (Å²) in [6.07, 6.45) is 0.589. The number of nitrogens with one attached hydrogen (secondary N) is 1. The van der Waals surface area contributed by atoms with Gasteiger partial charge in [0.15, 0.2) is 0 Å². The summed E-state index contributed by atoms with van der Waals surface area (Å²) in [7, 11) is 0. The minimum atomic E-state index is -1.13. The molecule has 110 valence electrons. The number of hydrogen-bond donors (Lipinski definition) is 2. The molecule has 0 spiro atoms. The second-order valence-electron chi connectivity index (χ2n) is 3.99. The number of carboxylic acids is 1. The SMILES string of the molecule is CCCN(CC(=O)O)C(=O)Nc1c(Cl)cc(F)cc1Cl. The summed E-state index contributed by atoms with van der Waals surface area (Å²) in [6, 6.07) is 1.35. The van der Waals surface area contributed by atoms with Crippen LogP contribution in [-0.2, 0) is 4.79 Å². The maximum atomic E-state index is 13.0. The minimum Gasteiger partial charge on any atom is -0.480 e. The number of nitrogens with zero attached hydrogens (tertiary/aromatic N) is 1. The van der Waals surface area contributed by atoms with E-state index in [1.807, 2.05) is 0 Å². The Morgan fingerprint density at radius 2 is 1.90 bits per heavy atom. The number of halogens is 3. The lowest BCUT2D eigenvalue weighted by Gasteiger charge is -2.21. The van der Waals surface area contributed by atoms with E-state index in [9.17, 15) is 14.0 Å². The van der Waals surface area contributed by atoms with Gasteiger partial charge in [0, 0.05) is 6.54 Å². The maximum Gasteiger partial charge on any atom is 0.323 e. The molecule has 0 aromatic heterocycles. The van der Waals surface area contributed by atoms with Crippen LogP contribution >= 0.6 is 23.2 Å². The zero-order chi connectivity index (χ0) is 15.3. The zero-order valence-electron chi connectivity index (χ0n) is 10.6. The molecule has 0 radical (unpaired) electrons. The first kappa shape index (κ1) is 16.5. The van der Waals surface area contributed by atoms with E-state index in [0.717, 1.165) is 17.0 Å². The van der Waals surface area contributed by atoms with E-state index >= 15 is 0 Å². The standard InChI is InChI=1S/C12H13Cl2FN2O3/c1-2-3-17(6-10(18)19)12(20)16-11-8(13)4-7(15)5-9(11)14/h4-5H,2-3,6H2,1H3,(H,16,20)(H,18,19). The van der Waals surface area contributed by atoms with Crippen molar-refractivity contribution in [3.05, 3.63) is 28.0 Å². The van der Waals surface area contributed by atoms with Crippen molar-refractivity contribution in [2.45, 2.75) is 13.3 Å². The maximum absolute atomic E-state index is 13.0. The fourth-order valence-corrected chi connectivity index (χ4v) is 2.09. The van der Waals surface area contributed by atoms with Crippen LogP contribution in [0.15, 0.2) is 12.1 Å². The van der Waals surface area contributed by atoms with Crippen molar-refractivity contribution in [1.82, 2.24) is 4.90 Å². The van der Waals surface area contributed by atoms with Crippen molar-refractivity contribution in [3.63, 3.8) is 0 Å². The van der Waals surface area contributed by atoms with Crippen LogP contribution < -0.4 is 5.32 Å². The average Bonchev–Trinajstić information content (AvgIpc) is 2.32.